The van der Waals surface area contributed by atoms with Crippen molar-refractivity contribution in [1.29, 1.82) is 0 Å². The minimum atomic E-state index is -0.182. The zero-order valence-electron chi connectivity index (χ0n) is 15.3. The molecule has 140 valence electrons. The topological polar surface area (TPSA) is 40.6 Å². The molecule has 5 heteroatoms. The van der Waals surface area contributed by atoms with Crippen molar-refractivity contribution >= 4 is 23.2 Å². The number of thiophene rings is 1. The van der Waals surface area contributed by atoms with Gasteiger partial charge < -0.3 is 9.80 Å². The summed E-state index contributed by atoms with van der Waals surface area (Å²) in [7, 11) is 0. The van der Waals surface area contributed by atoms with E-state index in [-0.39, 0.29) is 23.8 Å². The maximum absolute atomic E-state index is 13.5. The van der Waals surface area contributed by atoms with Crippen LogP contribution in [0.4, 0.5) is 0 Å². The zero-order valence-corrected chi connectivity index (χ0v) is 16.1. The highest BCUT2D eigenvalue weighted by Gasteiger charge is 2.54. The highest BCUT2D eigenvalue weighted by molar-refractivity contribution is 7.10. The van der Waals surface area contributed by atoms with E-state index in [1.54, 1.807) is 11.3 Å². The van der Waals surface area contributed by atoms with Crippen LogP contribution in [0.25, 0.3) is 0 Å². The molecule has 4 nitrogen and oxygen atoms in total. The van der Waals surface area contributed by atoms with Gasteiger partial charge in [-0.1, -0.05) is 18.9 Å². The fourth-order valence-electron chi connectivity index (χ4n) is 5.62. The van der Waals surface area contributed by atoms with Crippen LogP contribution in [0.5, 0.6) is 0 Å². The molecule has 2 amide bonds. The molecule has 0 unspecified atom stereocenters. The highest BCUT2D eigenvalue weighted by atomic mass is 32.1. The van der Waals surface area contributed by atoms with Crippen molar-refractivity contribution in [3.8, 4) is 0 Å². The van der Waals surface area contributed by atoms with Gasteiger partial charge in [0.2, 0.25) is 11.8 Å². The van der Waals surface area contributed by atoms with Crippen LogP contribution in [-0.2, 0) is 9.59 Å². The summed E-state index contributed by atoms with van der Waals surface area (Å²) < 4.78 is 0. The summed E-state index contributed by atoms with van der Waals surface area (Å²) in [6.45, 7) is 1.77. The normalized spacial score (nSPS) is 36.2. The molecule has 2 aliphatic heterocycles. The van der Waals surface area contributed by atoms with Gasteiger partial charge in [0.25, 0.3) is 0 Å². The second-order valence-corrected chi connectivity index (χ2v) is 9.58. The van der Waals surface area contributed by atoms with Gasteiger partial charge in [0, 0.05) is 35.8 Å². The van der Waals surface area contributed by atoms with Gasteiger partial charge in [-0.05, 0) is 55.9 Å². The van der Waals surface area contributed by atoms with E-state index in [9.17, 15) is 9.59 Å². The Hall–Kier alpha value is -1.36. The molecule has 5 rings (SSSR count). The fourth-order valence-corrected chi connectivity index (χ4v) is 6.53. The molecule has 4 aliphatic rings. The Kier molecular flexibility index (Phi) is 4.30. The average molecular weight is 373 g/mol. The van der Waals surface area contributed by atoms with E-state index in [0.717, 1.165) is 45.2 Å². The van der Waals surface area contributed by atoms with Crippen molar-refractivity contribution < 1.29 is 9.59 Å². The van der Waals surface area contributed by atoms with Crippen LogP contribution in [0.3, 0.4) is 0 Å². The van der Waals surface area contributed by atoms with Crippen molar-refractivity contribution in [2.24, 2.45) is 11.8 Å². The first-order chi connectivity index (χ1) is 12.7. The maximum Gasteiger partial charge on any atom is 0.245 e. The molecule has 3 heterocycles. The summed E-state index contributed by atoms with van der Waals surface area (Å²) in [5, 5.41) is 2.10. The van der Waals surface area contributed by atoms with Crippen LogP contribution in [0.2, 0.25) is 0 Å². The van der Waals surface area contributed by atoms with Crippen molar-refractivity contribution in [2.45, 2.75) is 69.4 Å². The van der Waals surface area contributed by atoms with E-state index in [4.69, 9.17) is 0 Å². The third-order valence-corrected chi connectivity index (χ3v) is 8.07. The number of carbonyl (C=O) groups is 2. The smallest absolute Gasteiger partial charge is 0.245 e. The Bertz CT molecular complexity index is 682. The Balaban J connectivity index is 1.37. The highest BCUT2D eigenvalue weighted by Crippen LogP contribution is 2.52. The molecular formula is C21H28N2O2S. The molecule has 5 atom stereocenters. The van der Waals surface area contributed by atoms with E-state index in [1.807, 2.05) is 4.90 Å². The molecule has 0 N–H and O–H groups in total. The largest absolute Gasteiger partial charge is 0.341 e. The first-order valence-electron chi connectivity index (χ1n) is 10.4. The molecule has 4 fully saturated rings. The predicted molar refractivity (Wildman–Crippen MR) is 102 cm³/mol. The summed E-state index contributed by atoms with van der Waals surface area (Å²) in [5.74, 6) is 1.56. The van der Waals surface area contributed by atoms with Gasteiger partial charge >= 0.3 is 0 Å². The maximum atomic E-state index is 13.5. The van der Waals surface area contributed by atoms with Crippen molar-refractivity contribution in [3.63, 3.8) is 0 Å². The molecule has 2 saturated heterocycles. The number of hydrogen-bond donors (Lipinski definition) is 0. The van der Waals surface area contributed by atoms with Crippen molar-refractivity contribution in [2.75, 3.05) is 13.1 Å². The molecule has 0 aromatic carbocycles. The SMILES string of the molecule is O=C([C@@H]1C[C@@H]2CCCC[C@@H]2N1C(=O)[C@@H]1C[C@H]1c1cccs1)N1CCCC1. The molecule has 2 saturated carbocycles. The van der Waals surface area contributed by atoms with E-state index >= 15 is 0 Å². The third kappa shape index (κ3) is 2.79. The van der Waals surface area contributed by atoms with E-state index in [1.165, 1.54) is 24.1 Å². The molecule has 26 heavy (non-hydrogen) atoms. The number of amides is 2. The molecule has 1 aromatic rings. The monoisotopic (exact) mass is 372 g/mol. The van der Waals surface area contributed by atoms with E-state index < -0.39 is 0 Å². The molecule has 1 aromatic heterocycles. The Morgan fingerprint density at radius 1 is 1.00 bits per heavy atom. The number of nitrogens with zero attached hydrogens (tertiary/aromatic N) is 2. The van der Waals surface area contributed by atoms with Crippen LogP contribution in [0, 0.1) is 11.8 Å². The van der Waals surface area contributed by atoms with Crippen LogP contribution in [0.1, 0.15) is 62.2 Å². The lowest BCUT2D eigenvalue weighted by Gasteiger charge is -2.35. The Morgan fingerprint density at radius 3 is 2.58 bits per heavy atom. The summed E-state index contributed by atoms with van der Waals surface area (Å²) >= 11 is 1.76. The first-order valence-corrected chi connectivity index (χ1v) is 11.3. The number of fused-ring (bicyclic) bond motifs is 1. The van der Waals surface area contributed by atoms with Crippen LogP contribution in [0.15, 0.2) is 17.5 Å². The molecule has 0 radical (unpaired) electrons. The zero-order chi connectivity index (χ0) is 17.7. The van der Waals surface area contributed by atoms with Crippen molar-refractivity contribution in [3.05, 3.63) is 22.4 Å². The number of rotatable bonds is 3. The molecule has 0 bridgehead atoms. The number of carbonyl (C=O) groups excluding carboxylic acids is 2. The van der Waals surface area contributed by atoms with Gasteiger partial charge in [-0.25, -0.2) is 0 Å². The minimum absolute atomic E-state index is 0.114. The third-order valence-electron chi connectivity index (χ3n) is 7.06. The molecular weight excluding hydrogens is 344 g/mol. The first kappa shape index (κ1) is 16.8. The molecule has 2 aliphatic carbocycles. The van der Waals surface area contributed by atoms with Gasteiger partial charge in [-0.2, -0.15) is 0 Å². The second kappa shape index (κ2) is 6.66. The lowest BCUT2D eigenvalue weighted by Crippen LogP contribution is -2.50. The standard InChI is InChI=1S/C21H28N2O2S/c24-20(16-13-15(16)19-8-5-11-26-19)23-17-7-2-1-6-14(17)12-18(23)21(25)22-9-3-4-10-22/h5,8,11,14-18H,1-4,6-7,9-10,12-13H2/t14-,15+,16+,17-,18-/m0/s1. The van der Waals surface area contributed by atoms with Gasteiger partial charge in [0.05, 0.1) is 0 Å². The average Bonchev–Trinajstić information content (AvgIpc) is 3.11. The van der Waals surface area contributed by atoms with Gasteiger partial charge in [-0.3, -0.25) is 9.59 Å². The minimum Gasteiger partial charge on any atom is -0.341 e. The summed E-state index contributed by atoms with van der Waals surface area (Å²) in [6.07, 6.45) is 8.85. The summed E-state index contributed by atoms with van der Waals surface area (Å²) in [6, 6.07) is 4.37. The predicted octanol–water partition coefficient (Wildman–Crippen LogP) is 3.63. The lowest BCUT2D eigenvalue weighted by molar-refractivity contribution is -0.146. The van der Waals surface area contributed by atoms with Crippen LogP contribution >= 0.6 is 11.3 Å². The Morgan fingerprint density at radius 2 is 1.81 bits per heavy atom. The Labute approximate surface area is 159 Å². The van der Waals surface area contributed by atoms with E-state index in [0.29, 0.717) is 17.9 Å². The lowest BCUT2D eigenvalue weighted by atomic mass is 9.84. The van der Waals surface area contributed by atoms with Gasteiger partial charge in [-0.15, -0.1) is 11.3 Å². The van der Waals surface area contributed by atoms with E-state index in [2.05, 4.69) is 22.4 Å². The quantitative estimate of drug-likeness (QED) is 0.813. The second-order valence-electron chi connectivity index (χ2n) is 8.61. The molecule has 0 spiro atoms. The number of hydrogen-bond acceptors (Lipinski definition) is 3. The van der Waals surface area contributed by atoms with Gasteiger partial charge in [0.15, 0.2) is 0 Å². The van der Waals surface area contributed by atoms with Crippen LogP contribution in [-0.4, -0.2) is 46.8 Å². The summed E-state index contributed by atoms with van der Waals surface area (Å²) in [4.78, 5) is 32.1. The van der Waals surface area contributed by atoms with Crippen molar-refractivity contribution in [1.82, 2.24) is 9.80 Å². The number of likely N-dealkylation sites (tertiary alicyclic amines) is 2. The fraction of sp³-hybridized carbons (Fsp3) is 0.714. The van der Waals surface area contributed by atoms with Gasteiger partial charge in [0.1, 0.15) is 6.04 Å². The van der Waals surface area contributed by atoms with Crippen LogP contribution < -0.4 is 0 Å². The summed E-state index contributed by atoms with van der Waals surface area (Å²) in [5.41, 5.74) is 0.